The normalized spacial score (nSPS) is 19.8. The van der Waals surface area contributed by atoms with Crippen LogP contribution in [0.3, 0.4) is 0 Å². The van der Waals surface area contributed by atoms with Crippen molar-refractivity contribution in [3.05, 3.63) is 42.0 Å². The summed E-state index contributed by atoms with van der Waals surface area (Å²) in [7, 11) is 0. The van der Waals surface area contributed by atoms with E-state index in [1.165, 1.54) is 4.90 Å². The highest BCUT2D eigenvalue weighted by molar-refractivity contribution is 7.99. The van der Waals surface area contributed by atoms with E-state index in [4.69, 9.17) is 9.26 Å². The third kappa shape index (κ3) is 4.06. The molecular weight excluding hydrogens is 286 g/mol. The predicted molar refractivity (Wildman–Crippen MR) is 81.3 cm³/mol. The first-order valence-electron chi connectivity index (χ1n) is 7.13. The molecular formula is C15H19N3O2S. The van der Waals surface area contributed by atoms with Gasteiger partial charge in [0.25, 0.3) is 0 Å². The van der Waals surface area contributed by atoms with Crippen molar-refractivity contribution in [2.75, 3.05) is 32.0 Å². The van der Waals surface area contributed by atoms with Gasteiger partial charge in [-0.15, -0.1) is 11.8 Å². The van der Waals surface area contributed by atoms with Crippen molar-refractivity contribution in [2.45, 2.75) is 17.9 Å². The fourth-order valence-corrected chi connectivity index (χ4v) is 3.25. The van der Waals surface area contributed by atoms with Crippen LogP contribution in [0.1, 0.15) is 17.8 Å². The highest BCUT2D eigenvalue weighted by Gasteiger charge is 2.25. The van der Waals surface area contributed by atoms with Crippen molar-refractivity contribution in [3.63, 3.8) is 0 Å². The summed E-state index contributed by atoms with van der Waals surface area (Å²) in [6.07, 6.45) is -0.0714. The molecule has 0 spiro atoms. The fourth-order valence-electron chi connectivity index (χ4n) is 2.32. The first kappa shape index (κ1) is 14.6. The second kappa shape index (κ2) is 7.06. The fraction of sp³-hybridized carbons (Fsp3) is 0.467. The van der Waals surface area contributed by atoms with Crippen LogP contribution >= 0.6 is 11.8 Å². The zero-order valence-electron chi connectivity index (χ0n) is 12.1. The van der Waals surface area contributed by atoms with E-state index in [9.17, 15) is 0 Å². The van der Waals surface area contributed by atoms with Crippen molar-refractivity contribution >= 4 is 11.8 Å². The largest absolute Gasteiger partial charge is 0.367 e. The number of morpholine rings is 1. The zero-order valence-corrected chi connectivity index (χ0v) is 12.9. The first-order chi connectivity index (χ1) is 10.3. The summed E-state index contributed by atoms with van der Waals surface area (Å²) >= 11 is 1.88. The molecule has 21 heavy (non-hydrogen) atoms. The number of benzene rings is 1. The molecule has 5 nitrogen and oxygen atoms in total. The summed E-state index contributed by atoms with van der Waals surface area (Å²) in [6, 6.07) is 10.5. The third-order valence-corrected chi connectivity index (χ3v) is 4.39. The number of ether oxygens (including phenoxy) is 1. The first-order valence-corrected chi connectivity index (χ1v) is 8.12. The van der Waals surface area contributed by atoms with Gasteiger partial charge in [-0.3, -0.25) is 4.90 Å². The molecule has 0 unspecified atom stereocenters. The summed E-state index contributed by atoms with van der Waals surface area (Å²) in [5.41, 5.74) is 0. The van der Waals surface area contributed by atoms with Crippen LogP contribution < -0.4 is 0 Å². The minimum absolute atomic E-state index is 0.0714. The molecule has 0 aliphatic carbocycles. The Hall–Kier alpha value is -1.37. The average molecular weight is 305 g/mol. The van der Waals surface area contributed by atoms with Crippen LogP contribution in [0, 0.1) is 6.92 Å². The molecule has 1 aliphatic rings. The molecule has 0 amide bonds. The van der Waals surface area contributed by atoms with E-state index in [0.29, 0.717) is 18.3 Å². The lowest BCUT2D eigenvalue weighted by Gasteiger charge is -2.31. The van der Waals surface area contributed by atoms with Crippen molar-refractivity contribution in [1.29, 1.82) is 0 Å². The Morgan fingerprint density at radius 1 is 1.33 bits per heavy atom. The molecule has 112 valence electrons. The Morgan fingerprint density at radius 3 is 2.95 bits per heavy atom. The van der Waals surface area contributed by atoms with Crippen LogP contribution in [0.5, 0.6) is 0 Å². The molecule has 2 heterocycles. The number of aromatic nitrogens is 2. The maximum Gasteiger partial charge on any atom is 0.223 e. The SMILES string of the molecule is Cc1nc([C@@H]2CN(CCSc3ccccc3)CCO2)no1. The summed E-state index contributed by atoms with van der Waals surface area (Å²) in [5.74, 6) is 2.32. The molecule has 0 N–H and O–H groups in total. The molecule has 1 aromatic heterocycles. The van der Waals surface area contributed by atoms with E-state index in [1.54, 1.807) is 6.92 Å². The number of thioether (sulfide) groups is 1. The second-order valence-electron chi connectivity index (χ2n) is 4.99. The van der Waals surface area contributed by atoms with Gasteiger partial charge in [0.2, 0.25) is 11.7 Å². The highest BCUT2D eigenvalue weighted by Crippen LogP contribution is 2.21. The Balaban J connectivity index is 1.48. The number of rotatable bonds is 5. The van der Waals surface area contributed by atoms with Gasteiger partial charge in [0.1, 0.15) is 6.10 Å². The Bertz CT molecular complexity index is 561. The van der Waals surface area contributed by atoms with Crippen molar-refractivity contribution in [3.8, 4) is 0 Å². The van der Waals surface area contributed by atoms with Gasteiger partial charge in [-0.1, -0.05) is 23.4 Å². The summed E-state index contributed by atoms with van der Waals surface area (Å²) in [4.78, 5) is 7.98. The lowest BCUT2D eigenvalue weighted by Crippen LogP contribution is -2.39. The third-order valence-electron chi connectivity index (χ3n) is 3.40. The number of nitrogens with zero attached hydrogens (tertiary/aromatic N) is 3. The minimum atomic E-state index is -0.0714. The Labute approximate surface area is 128 Å². The maximum absolute atomic E-state index is 5.74. The smallest absolute Gasteiger partial charge is 0.223 e. The monoisotopic (exact) mass is 305 g/mol. The summed E-state index contributed by atoms with van der Waals surface area (Å²) in [6.45, 7) is 5.34. The minimum Gasteiger partial charge on any atom is -0.367 e. The van der Waals surface area contributed by atoms with Gasteiger partial charge in [-0.25, -0.2) is 0 Å². The van der Waals surface area contributed by atoms with Crippen LogP contribution in [-0.2, 0) is 4.74 Å². The maximum atomic E-state index is 5.74. The van der Waals surface area contributed by atoms with E-state index in [1.807, 2.05) is 17.8 Å². The van der Waals surface area contributed by atoms with Crippen LogP contribution in [0.25, 0.3) is 0 Å². The molecule has 1 fully saturated rings. The van der Waals surface area contributed by atoms with Crippen molar-refractivity contribution in [1.82, 2.24) is 15.0 Å². The van der Waals surface area contributed by atoms with Crippen molar-refractivity contribution in [2.24, 2.45) is 0 Å². The lowest BCUT2D eigenvalue weighted by molar-refractivity contribution is -0.0330. The van der Waals surface area contributed by atoms with Crippen LogP contribution in [0.2, 0.25) is 0 Å². The molecule has 0 saturated carbocycles. The van der Waals surface area contributed by atoms with Crippen LogP contribution in [-0.4, -0.2) is 47.0 Å². The van der Waals surface area contributed by atoms with Gasteiger partial charge in [-0.05, 0) is 12.1 Å². The molecule has 1 saturated heterocycles. The molecule has 2 aromatic rings. The van der Waals surface area contributed by atoms with E-state index < -0.39 is 0 Å². The van der Waals surface area contributed by atoms with E-state index in [0.717, 1.165) is 25.4 Å². The van der Waals surface area contributed by atoms with Gasteiger partial charge in [0, 0.05) is 37.2 Å². The predicted octanol–water partition coefficient (Wildman–Crippen LogP) is 2.54. The van der Waals surface area contributed by atoms with Crippen LogP contribution in [0.4, 0.5) is 0 Å². The van der Waals surface area contributed by atoms with Gasteiger partial charge in [0.05, 0.1) is 6.61 Å². The molecule has 0 bridgehead atoms. The standard InChI is InChI=1S/C15H19N3O2S/c1-12-16-15(17-20-12)14-11-18(7-9-19-14)8-10-21-13-5-3-2-4-6-13/h2-6,14H,7-11H2,1H3/t14-/m0/s1. The molecule has 1 atom stereocenters. The quantitative estimate of drug-likeness (QED) is 0.791. The molecule has 1 aliphatic heterocycles. The number of hydrogen-bond donors (Lipinski definition) is 0. The molecule has 6 heteroatoms. The highest BCUT2D eigenvalue weighted by atomic mass is 32.2. The zero-order chi connectivity index (χ0) is 14.5. The number of hydrogen-bond acceptors (Lipinski definition) is 6. The summed E-state index contributed by atoms with van der Waals surface area (Å²) in [5, 5.41) is 3.96. The lowest BCUT2D eigenvalue weighted by atomic mass is 10.2. The molecule has 1 aromatic carbocycles. The molecule has 0 radical (unpaired) electrons. The van der Waals surface area contributed by atoms with E-state index in [-0.39, 0.29) is 6.10 Å². The molecule has 3 rings (SSSR count). The van der Waals surface area contributed by atoms with E-state index >= 15 is 0 Å². The summed E-state index contributed by atoms with van der Waals surface area (Å²) < 4.78 is 10.8. The van der Waals surface area contributed by atoms with Gasteiger partial charge >= 0.3 is 0 Å². The van der Waals surface area contributed by atoms with Gasteiger partial charge < -0.3 is 9.26 Å². The second-order valence-corrected chi connectivity index (χ2v) is 6.16. The topological polar surface area (TPSA) is 51.4 Å². The van der Waals surface area contributed by atoms with Crippen molar-refractivity contribution < 1.29 is 9.26 Å². The average Bonchev–Trinajstić information content (AvgIpc) is 2.95. The van der Waals surface area contributed by atoms with Gasteiger partial charge in [-0.2, -0.15) is 4.98 Å². The Morgan fingerprint density at radius 2 is 2.19 bits per heavy atom. The Kier molecular flexibility index (Phi) is 4.90. The van der Waals surface area contributed by atoms with Gasteiger partial charge in [0.15, 0.2) is 0 Å². The van der Waals surface area contributed by atoms with Crippen LogP contribution in [0.15, 0.2) is 39.8 Å². The van der Waals surface area contributed by atoms with E-state index in [2.05, 4.69) is 39.3 Å². The number of aryl methyl sites for hydroxylation is 1.